The van der Waals surface area contributed by atoms with Crippen LogP contribution in [0.15, 0.2) is 36.4 Å². The van der Waals surface area contributed by atoms with E-state index in [0.717, 1.165) is 11.4 Å². The van der Waals surface area contributed by atoms with Gasteiger partial charge >= 0.3 is 0 Å². The summed E-state index contributed by atoms with van der Waals surface area (Å²) in [5, 5.41) is 2.73. The molecule has 0 bridgehead atoms. The summed E-state index contributed by atoms with van der Waals surface area (Å²) in [6.07, 6.45) is 3.17. The number of nitrogens with one attached hydrogen (secondary N) is 1. The maximum atomic E-state index is 11.3. The van der Waals surface area contributed by atoms with E-state index in [0.29, 0.717) is 13.2 Å². The molecular formula is C13H17NO3. The molecule has 0 aliphatic carbocycles. The molecule has 17 heavy (non-hydrogen) atoms. The topological polar surface area (TPSA) is 47.6 Å². The van der Waals surface area contributed by atoms with Crippen LogP contribution in [0.3, 0.4) is 0 Å². The first-order valence-electron chi connectivity index (χ1n) is 5.41. The van der Waals surface area contributed by atoms with Crippen molar-refractivity contribution in [2.75, 3.05) is 25.6 Å². The molecule has 1 aromatic rings. The van der Waals surface area contributed by atoms with Gasteiger partial charge in [0.15, 0.2) is 0 Å². The van der Waals surface area contributed by atoms with Crippen molar-refractivity contribution in [2.24, 2.45) is 0 Å². The second kappa shape index (κ2) is 7.46. The molecule has 0 radical (unpaired) electrons. The molecule has 0 saturated heterocycles. The molecule has 0 saturated carbocycles. The van der Waals surface area contributed by atoms with Crippen LogP contribution < -0.4 is 10.1 Å². The van der Waals surface area contributed by atoms with E-state index in [-0.39, 0.29) is 5.91 Å². The van der Waals surface area contributed by atoms with Gasteiger partial charge < -0.3 is 14.8 Å². The van der Waals surface area contributed by atoms with Crippen molar-refractivity contribution in [3.05, 3.63) is 36.4 Å². The van der Waals surface area contributed by atoms with Gasteiger partial charge in [-0.15, -0.1) is 0 Å². The molecule has 0 aliphatic heterocycles. The van der Waals surface area contributed by atoms with Crippen LogP contribution in [0.5, 0.6) is 5.75 Å². The van der Waals surface area contributed by atoms with E-state index < -0.39 is 0 Å². The summed E-state index contributed by atoms with van der Waals surface area (Å²) in [4.78, 5) is 11.3. The number of hydrogen-bond acceptors (Lipinski definition) is 3. The Morgan fingerprint density at radius 1 is 1.29 bits per heavy atom. The van der Waals surface area contributed by atoms with Gasteiger partial charge in [0, 0.05) is 12.8 Å². The van der Waals surface area contributed by atoms with Crippen LogP contribution in [-0.2, 0) is 9.53 Å². The summed E-state index contributed by atoms with van der Waals surface area (Å²) in [7, 11) is 1.63. The average molecular weight is 235 g/mol. The van der Waals surface area contributed by atoms with Crippen LogP contribution in [0.25, 0.3) is 0 Å². The van der Waals surface area contributed by atoms with E-state index in [1.54, 1.807) is 44.4 Å². The number of methoxy groups -OCH3 is 1. The van der Waals surface area contributed by atoms with Crippen molar-refractivity contribution in [3.8, 4) is 5.75 Å². The summed E-state index contributed by atoms with van der Waals surface area (Å²) in [5.41, 5.74) is 0.743. The molecule has 92 valence electrons. The summed E-state index contributed by atoms with van der Waals surface area (Å²) >= 11 is 0. The van der Waals surface area contributed by atoms with Gasteiger partial charge in [0.05, 0.1) is 6.61 Å². The molecule has 1 N–H and O–H groups in total. The van der Waals surface area contributed by atoms with Crippen LogP contribution in [0.2, 0.25) is 0 Å². The lowest BCUT2D eigenvalue weighted by Gasteiger charge is -2.06. The Bertz CT molecular complexity index is 371. The van der Waals surface area contributed by atoms with Gasteiger partial charge in [-0.3, -0.25) is 4.79 Å². The fourth-order valence-electron chi connectivity index (χ4n) is 1.21. The minimum atomic E-state index is -0.138. The van der Waals surface area contributed by atoms with E-state index in [1.807, 2.05) is 0 Å². The van der Waals surface area contributed by atoms with Gasteiger partial charge in [-0.05, 0) is 37.3 Å². The Morgan fingerprint density at radius 3 is 2.59 bits per heavy atom. The van der Waals surface area contributed by atoms with Gasteiger partial charge in [0.25, 0.3) is 0 Å². The predicted octanol–water partition coefficient (Wildman–Crippen LogP) is 2.23. The van der Waals surface area contributed by atoms with Gasteiger partial charge in [0.2, 0.25) is 5.91 Å². The molecule has 0 atom stereocenters. The maximum absolute atomic E-state index is 11.3. The van der Waals surface area contributed by atoms with Crippen molar-refractivity contribution < 1.29 is 14.3 Å². The van der Waals surface area contributed by atoms with Crippen molar-refractivity contribution in [1.29, 1.82) is 0 Å². The fourth-order valence-corrected chi connectivity index (χ4v) is 1.21. The Balaban J connectivity index is 2.47. The zero-order valence-corrected chi connectivity index (χ0v) is 10.1. The number of carbonyl (C=O) groups excluding carboxylic acids is 1. The van der Waals surface area contributed by atoms with Crippen LogP contribution in [0, 0.1) is 0 Å². The number of ether oxygens (including phenoxy) is 2. The molecule has 0 heterocycles. The molecule has 0 aliphatic rings. The van der Waals surface area contributed by atoms with Crippen LogP contribution in [0.1, 0.15) is 6.92 Å². The van der Waals surface area contributed by atoms with Crippen molar-refractivity contribution in [2.45, 2.75) is 6.92 Å². The quantitative estimate of drug-likeness (QED) is 0.607. The second-order valence-electron chi connectivity index (χ2n) is 3.35. The Kier molecular flexibility index (Phi) is 5.82. The third kappa shape index (κ3) is 5.17. The van der Waals surface area contributed by atoms with E-state index in [2.05, 4.69) is 5.32 Å². The van der Waals surface area contributed by atoms with Gasteiger partial charge in [-0.1, -0.05) is 6.08 Å². The SMILES string of the molecule is CC=CC(=O)Nc1ccc(OCCOC)cc1. The van der Waals surface area contributed by atoms with Gasteiger partial charge in [-0.25, -0.2) is 0 Å². The van der Waals surface area contributed by atoms with Crippen LogP contribution in [-0.4, -0.2) is 26.2 Å². The number of benzene rings is 1. The highest BCUT2D eigenvalue weighted by molar-refractivity contribution is 5.99. The molecule has 0 fully saturated rings. The summed E-state index contributed by atoms with van der Waals surface area (Å²) in [6.45, 7) is 2.87. The number of amides is 1. The second-order valence-corrected chi connectivity index (χ2v) is 3.35. The highest BCUT2D eigenvalue weighted by atomic mass is 16.5. The lowest BCUT2D eigenvalue weighted by molar-refractivity contribution is -0.111. The monoisotopic (exact) mass is 235 g/mol. The highest BCUT2D eigenvalue weighted by Crippen LogP contribution is 2.15. The zero-order chi connectivity index (χ0) is 12.5. The minimum Gasteiger partial charge on any atom is -0.491 e. The first-order chi connectivity index (χ1) is 8.26. The van der Waals surface area contributed by atoms with E-state index in [1.165, 1.54) is 6.08 Å². The third-order valence-electron chi connectivity index (χ3n) is 2.00. The first-order valence-corrected chi connectivity index (χ1v) is 5.41. The number of hydrogen-bond donors (Lipinski definition) is 1. The smallest absolute Gasteiger partial charge is 0.248 e. The zero-order valence-electron chi connectivity index (χ0n) is 10.1. The van der Waals surface area contributed by atoms with Crippen molar-refractivity contribution >= 4 is 11.6 Å². The molecule has 4 nitrogen and oxygen atoms in total. The van der Waals surface area contributed by atoms with Crippen molar-refractivity contribution in [1.82, 2.24) is 0 Å². The number of allylic oxidation sites excluding steroid dienone is 1. The summed E-state index contributed by atoms with van der Waals surface area (Å²) in [5.74, 6) is 0.617. The Morgan fingerprint density at radius 2 is 2.00 bits per heavy atom. The molecular weight excluding hydrogens is 218 g/mol. The van der Waals surface area contributed by atoms with Crippen LogP contribution in [0.4, 0.5) is 5.69 Å². The first kappa shape index (κ1) is 13.3. The maximum Gasteiger partial charge on any atom is 0.248 e. The third-order valence-corrected chi connectivity index (χ3v) is 2.00. The Hall–Kier alpha value is -1.81. The molecule has 0 spiro atoms. The molecule has 0 aromatic heterocycles. The van der Waals surface area contributed by atoms with Crippen molar-refractivity contribution in [3.63, 3.8) is 0 Å². The molecule has 1 rings (SSSR count). The normalized spacial score (nSPS) is 10.5. The standard InChI is InChI=1S/C13H17NO3/c1-3-4-13(15)14-11-5-7-12(8-6-11)17-10-9-16-2/h3-8H,9-10H2,1-2H3,(H,14,15). The molecule has 1 aromatic carbocycles. The van der Waals surface area contributed by atoms with E-state index in [4.69, 9.17) is 9.47 Å². The number of anilines is 1. The average Bonchev–Trinajstić information content (AvgIpc) is 2.32. The van der Waals surface area contributed by atoms with Gasteiger partial charge in [0.1, 0.15) is 12.4 Å². The van der Waals surface area contributed by atoms with Crippen LogP contribution >= 0.6 is 0 Å². The fraction of sp³-hybridized carbons (Fsp3) is 0.308. The Labute approximate surface area is 101 Å². The molecule has 4 heteroatoms. The minimum absolute atomic E-state index is 0.138. The number of carbonyl (C=O) groups is 1. The predicted molar refractivity (Wildman–Crippen MR) is 67.3 cm³/mol. The summed E-state index contributed by atoms with van der Waals surface area (Å²) < 4.78 is 10.3. The largest absolute Gasteiger partial charge is 0.491 e. The van der Waals surface area contributed by atoms with Gasteiger partial charge in [-0.2, -0.15) is 0 Å². The van der Waals surface area contributed by atoms with E-state index >= 15 is 0 Å². The molecule has 0 unspecified atom stereocenters. The lowest BCUT2D eigenvalue weighted by Crippen LogP contribution is -2.08. The number of rotatable bonds is 6. The summed E-state index contributed by atoms with van der Waals surface area (Å²) in [6, 6.07) is 7.20. The molecule has 1 amide bonds. The lowest BCUT2D eigenvalue weighted by atomic mass is 10.3. The highest BCUT2D eigenvalue weighted by Gasteiger charge is 1.98. The van der Waals surface area contributed by atoms with E-state index in [9.17, 15) is 4.79 Å².